The van der Waals surface area contributed by atoms with Crippen molar-refractivity contribution in [1.29, 1.82) is 0 Å². The molecule has 0 spiro atoms. The molecule has 0 aromatic heterocycles. The molecule has 5 nitrogen and oxygen atoms in total. The first-order valence-corrected chi connectivity index (χ1v) is 7.10. The van der Waals surface area contributed by atoms with Crippen LogP contribution in [0.2, 0.25) is 0 Å². The molecule has 3 N–H and O–H groups in total. The van der Waals surface area contributed by atoms with Gasteiger partial charge in [0.25, 0.3) is 5.91 Å². The van der Waals surface area contributed by atoms with Crippen molar-refractivity contribution < 1.29 is 9.59 Å². The monoisotopic (exact) mass is 375 g/mol. The topological polar surface area (TPSA) is 84.5 Å². The molecule has 1 heterocycles. The number of carbonyl (C=O) groups excluding carboxylic acids is 2. The van der Waals surface area contributed by atoms with Gasteiger partial charge in [-0.1, -0.05) is 11.8 Å². The van der Waals surface area contributed by atoms with Gasteiger partial charge < -0.3 is 11.1 Å². The van der Waals surface area contributed by atoms with Crippen LogP contribution in [0.25, 0.3) is 0 Å². The minimum atomic E-state index is -0.492. The summed E-state index contributed by atoms with van der Waals surface area (Å²) >= 11 is 3.32. The van der Waals surface area contributed by atoms with E-state index in [9.17, 15) is 9.59 Å². The Bertz CT molecular complexity index is 516. The van der Waals surface area contributed by atoms with Crippen molar-refractivity contribution in [3.63, 3.8) is 0 Å². The fourth-order valence-electron chi connectivity index (χ4n) is 1.45. The Morgan fingerprint density at radius 3 is 2.67 bits per heavy atom. The normalized spacial score (nSPS) is 18.6. The molecule has 0 aliphatic carbocycles. The van der Waals surface area contributed by atoms with E-state index in [1.54, 1.807) is 0 Å². The van der Waals surface area contributed by atoms with Crippen molar-refractivity contribution in [1.82, 2.24) is 0 Å². The maximum atomic E-state index is 11.7. The first-order chi connectivity index (χ1) is 8.54. The van der Waals surface area contributed by atoms with E-state index >= 15 is 0 Å². The van der Waals surface area contributed by atoms with Crippen LogP contribution in [0.5, 0.6) is 0 Å². The first kappa shape index (κ1) is 13.3. The summed E-state index contributed by atoms with van der Waals surface area (Å²) in [6.45, 7) is 0. The summed E-state index contributed by atoms with van der Waals surface area (Å²) in [5.41, 5.74) is 6.13. The lowest BCUT2D eigenvalue weighted by atomic mass is 10.2. The molecule has 0 saturated heterocycles. The van der Waals surface area contributed by atoms with E-state index in [0.29, 0.717) is 5.69 Å². The van der Waals surface area contributed by atoms with E-state index in [1.807, 2.05) is 24.3 Å². The molecule has 1 aliphatic rings. The molecule has 7 heteroatoms. The number of hydrogen-bond donors (Lipinski definition) is 2. The second kappa shape index (κ2) is 5.70. The van der Waals surface area contributed by atoms with Crippen molar-refractivity contribution in [2.24, 2.45) is 10.7 Å². The van der Waals surface area contributed by atoms with Crippen LogP contribution in [0.1, 0.15) is 6.42 Å². The van der Waals surface area contributed by atoms with Crippen molar-refractivity contribution in [3.8, 4) is 0 Å². The number of nitrogens with one attached hydrogen (secondary N) is 1. The Labute approximate surface area is 122 Å². The Morgan fingerprint density at radius 2 is 2.11 bits per heavy atom. The fraction of sp³-hybridized carbons (Fsp3) is 0.182. The molecule has 0 bridgehead atoms. The maximum Gasteiger partial charge on any atom is 0.262 e. The SMILES string of the molecule is NC1=NC(=O)[C@H](CC(=O)Nc2ccc(I)cc2)S1. The van der Waals surface area contributed by atoms with Gasteiger partial charge in [-0.15, -0.1) is 0 Å². The number of rotatable bonds is 3. The largest absolute Gasteiger partial charge is 0.378 e. The van der Waals surface area contributed by atoms with Gasteiger partial charge >= 0.3 is 0 Å². The van der Waals surface area contributed by atoms with Crippen LogP contribution in [-0.4, -0.2) is 22.2 Å². The van der Waals surface area contributed by atoms with Crippen LogP contribution in [-0.2, 0) is 9.59 Å². The van der Waals surface area contributed by atoms with E-state index < -0.39 is 5.25 Å². The average molecular weight is 375 g/mol. The van der Waals surface area contributed by atoms with Crippen LogP contribution in [0, 0.1) is 3.57 Å². The quantitative estimate of drug-likeness (QED) is 0.786. The van der Waals surface area contributed by atoms with Gasteiger partial charge in [-0.25, -0.2) is 0 Å². The molecule has 1 aliphatic heterocycles. The molecule has 0 radical (unpaired) electrons. The number of halogens is 1. The van der Waals surface area contributed by atoms with Gasteiger partial charge in [-0.05, 0) is 46.9 Å². The van der Waals surface area contributed by atoms with E-state index in [4.69, 9.17) is 5.73 Å². The lowest BCUT2D eigenvalue weighted by Gasteiger charge is -2.07. The molecule has 0 unspecified atom stereocenters. The van der Waals surface area contributed by atoms with E-state index in [-0.39, 0.29) is 23.4 Å². The summed E-state index contributed by atoms with van der Waals surface area (Å²) in [6.07, 6.45) is 0.0830. The van der Waals surface area contributed by atoms with Crippen molar-refractivity contribution >= 4 is 57.0 Å². The van der Waals surface area contributed by atoms with Crippen LogP contribution in [0.15, 0.2) is 29.3 Å². The van der Waals surface area contributed by atoms with Gasteiger partial charge in [0.2, 0.25) is 5.91 Å². The van der Waals surface area contributed by atoms with Gasteiger partial charge in [-0.2, -0.15) is 4.99 Å². The number of benzene rings is 1. The summed E-state index contributed by atoms with van der Waals surface area (Å²) in [5, 5.41) is 2.47. The lowest BCUT2D eigenvalue weighted by molar-refractivity contribution is -0.121. The molecular weight excluding hydrogens is 365 g/mol. The Morgan fingerprint density at radius 1 is 1.44 bits per heavy atom. The number of nitrogens with two attached hydrogens (primary N) is 1. The van der Waals surface area contributed by atoms with Gasteiger partial charge in [0.15, 0.2) is 5.17 Å². The zero-order valence-corrected chi connectivity index (χ0v) is 12.2. The third-order valence-corrected chi connectivity index (χ3v) is 3.96. The fourth-order valence-corrected chi connectivity index (χ4v) is 2.63. The number of anilines is 1. The highest BCUT2D eigenvalue weighted by Crippen LogP contribution is 2.23. The summed E-state index contributed by atoms with van der Waals surface area (Å²) in [7, 11) is 0. The zero-order chi connectivity index (χ0) is 13.1. The average Bonchev–Trinajstić information content (AvgIpc) is 2.61. The standard InChI is InChI=1S/C11H10IN3O2S/c12-6-1-3-7(4-2-6)14-9(16)5-8-10(17)15-11(13)18-8/h1-4,8H,5H2,(H,14,16)(H2,13,15,17)/t8-/m0/s1. The van der Waals surface area contributed by atoms with Gasteiger partial charge in [-0.3, -0.25) is 9.59 Å². The molecule has 2 rings (SSSR count). The molecule has 0 saturated carbocycles. The molecular formula is C11H10IN3O2S. The van der Waals surface area contributed by atoms with Gasteiger partial charge in [0.05, 0.1) is 0 Å². The minimum absolute atomic E-state index is 0.0830. The summed E-state index contributed by atoms with van der Waals surface area (Å²) < 4.78 is 1.09. The summed E-state index contributed by atoms with van der Waals surface area (Å²) in [6, 6.07) is 7.42. The number of hydrogen-bond acceptors (Lipinski definition) is 4. The van der Waals surface area contributed by atoms with Crippen molar-refractivity contribution in [2.45, 2.75) is 11.7 Å². The van der Waals surface area contributed by atoms with Gasteiger partial charge in [0.1, 0.15) is 5.25 Å². The maximum absolute atomic E-state index is 11.7. The molecule has 0 fully saturated rings. The van der Waals surface area contributed by atoms with Crippen LogP contribution < -0.4 is 11.1 Å². The van der Waals surface area contributed by atoms with Gasteiger partial charge in [0, 0.05) is 15.7 Å². The predicted octanol–water partition coefficient (Wildman–Crippen LogP) is 1.58. The van der Waals surface area contributed by atoms with E-state index in [2.05, 4.69) is 32.9 Å². The van der Waals surface area contributed by atoms with Crippen molar-refractivity contribution in [2.75, 3.05) is 5.32 Å². The van der Waals surface area contributed by atoms with Crippen LogP contribution in [0.4, 0.5) is 5.69 Å². The Kier molecular flexibility index (Phi) is 4.23. The third-order valence-electron chi connectivity index (χ3n) is 2.26. The molecule has 1 aromatic carbocycles. The number of carbonyl (C=O) groups is 2. The number of amidine groups is 1. The summed E-state index contributed by atoms with van der Waals surface area (Å²) in [5.74, 6) is -0.554. The van der Waals surface area contributed by atoms with Crippen molar-refractivity contribution in [3.05, 3.63) is 27.8 Å². The van der Waals surface area contributed by atoms with E-state index in [0.717, 1.165) is 15.3 Å². The number of aliphatic imine (C=N–C) groups is 1. The highest BCUT2D eigenvalue weighted by Gasteiger charge is 2.29. The zero-order valence-electron chi connectivity index (χ0n) is 9.22. The predicted molar refractivity (Wildman–Crippen MR) is 80.4 cm³/mol. The highest BCUT2D eigenvalue weighted by molar-refractivity contribution is 14.1. The molecule has 18 heavy (non-hydrogen) atoms. The molecule has 94 valence electrons. The highest BCUT2D eigenvalue weighted by atomic mass is 127. The minimum Gasteiger partial charge on any atom is -0.378 e. The second-order valence-electron chi connectivity index (χ2n) is 3.65. The molecule has 2 amide bonds. The Hall–Kier alpha value is -1.09. The van der Waals surface area contributed by atoms with E-state index in [1.165, 1.54) is 0 Å². The third kappa shape index (κ3) is 3.45. The second-order valence-corrected chi connectivity index (χ2v) is 6.12. The molecule has 1 aromatic rings. The number of nitrogens with zero attached hydrogens (tertiary/aromatic N) is 1. The lowest BCUT2D eigenvalue weighted by Crippen LogP contribution is -2.21. The first-order valence-electron chi connectivity index (χ1n) is 5.14. The smallest absolute Gasteiger partial charge is 0.262 e. The Balaban J connectivity index is 1.90. The van der Waals surface area contributed by atoms with Crippen LogP contribution >= 0.6 is 34.4 Å². The summed E-state index contributed by atoms with van der Waals surface area (Å²) in [4.78, 5) is 26.7. The molecule has 1 atom stereocenters. The van der Waals surface area contributed by atoms with Crippen LogP contribution in [0.3, 0.4) is 0 Å². The number of thioether (sulfide) groups is 1. The number of amides is 2.